The second-order valence-electron chi connectivity index (χ2n) is 4.05. The van der Waals surface area contributed by atoms with E-state index in [1.807, 2.05) is 37.3 Å². The van der Waals surface area contributed by atoms with Crippen molar-refractivity contribution in [3.05, 3.63) is 35.9 Å². The smallest absolute Gasteiger partial charge is 0.307 e. The molecule has 104 valence electrons. The van der Waals surface area contributed by atoms with Gasteiger partial charge in [0.2, 0.25) is 0 Å². The van der Waals surface area contributed by atoms with Crippen LogP contribution >= 0.6 is 11.8 Å². The van der Waals surface area contributed by atoms with E-state index < -0.39 is 5.97 Å². The van der Waals surface area contributed by atoms with E-state index in [1.165, 1.54) is 11.8 Å². The van der Waals surface area contributed by atoms with Crippen LogP contribution in [0.1, 0.15) is 31.4 Å². The summed E-state index contributed by atoms with van der Waals surface area (Å²) in [4.78, 5) is 21.9. The summed E-state index contributed by atoms with van der Waals surface area (Å²) in [5.74, 6) is 0.0525. The Morgan fingerprint density at radius 2 is 1.84 bits per heavy atom. The average molecular weight is 282 g/mol. The van der Waals surface area contributed by atoms with E-state index in [-0.39, 0.29) is 18.5 Å². The zero-order valence-electron chi connectivity index (χ0n) is 10.9. The molecule has 1 aromatic rings. The number of carbonyl (C=O) groups excluding carboxylic acids is 1. The number of ether oxygens (including phenoxy) is 1. The topological polar surface area (TPSA) is 63.6 Å². The molecule has 0 bridgehead atoms. The van der Waals surface area contributed by atoms with E-state index >= 15 is 0 Å². The average Bonchev–Trinajstić information content (AvgIpc) is 2.39. The highest BCUT2D eigenvalue weighted by Crippen LogP contribution is 2.17. The summed E-state index contributed by atoms with van der Waals surface area (Å²) in [6.07, 6.45) is 0.180. The van der Waals surface area contributed by atoms with E-state index in [2.05, 4.69) is 0 Å². The maximum Gasteiger partial charge on any atom is 0.307 e. The van der Waals surface area contributed by atoms with Gasteiger partial charge in [-0.05, 0) is 12.5 Å². The van der Waals surface area contributed by atoms with Crippen LogP contribution in [-0.2, 0) is 14.3 Å². The van der Waals surface area contributed by atoms with Gasteiger partial charge in [0.25, 0.3) is 0 Å². The van der Waals surface area contributed by atoms with Crippen LogP contribution in [0.3, 0.4) is 0 Å². The highest BCUT2D eigenvalue weighted by molar-refractivity contribution is 7.99. The monoisotopic (exact) mass is 282 g/mol. The Morgan fingerprint density at radius 1 is 1.21 bits per heavy atom. The van der Waals surface area contributed by atoms with E-state index in [9.17, 15) is 9.59 Å². The highest BCUT2D eigenvalue weighted by atomic mass is 32.2. The standard InChI is InChI=1S/C14H18O4S/c1-11(12-5-3-2-4-6-12)18-14(17)8-10-19-9-7-13(15)16/h2-6,11H,7-10H2,1H3,(H,15,16). The fraction of sp³-hybridized carbons (Fsp3) is 0.429. The molecule has 4 nitrogen and oxygen atoms in total. The van der Waals surface area contributed by atoms with E-state index in [4.69, 9.17) is 9.84 Å². The molecule has 0 aromatic heterocycles. The van der Waals surface area contributed by atoms with Gasteiger partial charge >= 0.3 is 11.9 Å². The molecule has 1 rings (SSSR count). The number of benzene rings is 1. The molecule has 0 aliphatic rings. The summed E-state index contributed by atoms with van der Waals surface area (Å²) in [5.41, 5.74) is 0.967. The minimum Gasteiger partial charge on any atom is -0.481 e. The summed E-state index contributed by atoms with van der Waals surface area (Å²) in [5, 5.41) is 8.46. The van der Waals surface area contributed by atoms with Gasteiger partial charge in [-0.25, -0.2) is 0 Å². The molecule has 0 aliphatic carbocycles. The first-order valence-corrected chi connectivity index (χ1v) is 7.29. The number of carbonyl (C=O) groups is 2. The van der Waals surface area contributed by atoms with Crippen LogP contribution in [0.15, 0.2) is 30.3 Å². The maximum absolute atomic E-state index is 11.6. The van der Waals surface area contributed by atoms with Gasteiger partial charge in [0, 0.05) is 11.5 Å². The van der Waals surface area contributed by atoms with Gasteiger partial charge in [-0.3, -0.25) is 9.59 Å². The third kappa shape index (κ3) is 6.86. The highest BCUT2D eigenvalue weighted by Gasteiger charge is 2.11. The normalized spacial score (nSPS) is 11.8. The van der Waals surface area contributed by atoms with E-state index in [1.54, 1.807) is 0 Å². The van der Waals surface area contributed by atoms with Crippen LogP contribution in [0.5, 0.6) is 0 Å². The molecule has 0 heterocycles. The molecule has 0 saturated carbocycles. The van der Waals surface area contributed by atoms with Crippen LogP contribution in [-0.4, -0.2) is 28.6 Å². The molecule has 1 atom stereocenters. The number of carboxylic acids is 1. The zero-order chi connectivity index (χ0) is 14.1. The van der Waals surface area contributed by atoms with Gasteiger partial charge in [-0.15, -0.1) is 0 Å². The molecular weight excluding hydrogens is 264 g/mol. The molecule has 0 radical (unpaired) electrons. The van der Waals surface area contributed by atoms with Crippen LogP contribution in [0, 0.1) is 0 Å². The van der Waals surface area contributed by atoms with Crippen molar-refractivity contribution in [3.8, 4) is 0 Å². The Morgan fingerprint density at radius 3 is 2.47 bits per heavy atom. The van der Waals surface area contributed by atoms with Crippen molar-refractivity contribution >= 4 is 23.7 Å². The predicted octanol–water partition coefficient (Wildman–Crippen LogP) is 2.89. The molecule has 1 unspecified atom stereocenters. The molecule has 0 amide bonds. The Labute approximate surface area is 117 Å². The SMILES string of the molecule is CC(OC(=O)CCSCCC(=O)O)c1ccccc1. The molecule has 1 N–H and O–H groups in total. The lowest BCUT2D eigenvalue weighted by molar-refractivity contribution is -0.148. The third-order valence-corrected chi connectivity index (χ3v) is 3.47. The van der Waals surface area contributed by atoms with Gasteiger partial charge in [0.15, 0.2) is 0 Å². The van der Waals surface area contributed by atoms with Crippen LogP contribution in [0.25, 0.3) is 0 Å². The maximum atomic E-state index is 11.6. The minimum atomic E-state index is -0.812. The van der Waals surface area contributed by atoms with Crippen molar-refractivity contribution in [3.63, 3.8) is 0 Å². The van der Waals surface area contributed by atoms with E-state index in [0.717, 1.165) is 5.56 Å². The first kappa shape index (κ1) is 15.6. The molecule has 0 saturated heterocycles. The number of hydrogen-bond acceptors (Lipinski definition) is 4. The van der Waals surface area contributed by atoms with Gasteiger partial charge in [-0.1, -0.05) is 30.3 Å². The summed E-state index contributed by atoms with van der Waals surface area (Å²) in [6.45, 7) is 1.84. The largest absolute Gasteiger partial charge is 0.481 e. The quantitative estimate of drug-likeness (QED) is 0.586. The molecule has 19 heavy (non-hydrogen) atoms. The first-order chi connectivity index (χ1) is 9.09. The molecule has 1 aromatic carbocycles. The number of esters is 1. The molecule has 0 aliphatic heterocycles. The predicted molar refractivity (Wildman–Crippen MR) is 75.1 cm³/mol. The van der Waals surface area contributed by atoms with Crippen LogP contribution in [0.2, 0.25) is 0 Å². The summed E-state index contributed by atoms with van der Waals surface area (Å²) in [7, 11) is 0. The summed E-state index contributed by atoms with van der Waals surface area (Å²) < 4.78 is 5.30. The van der Waals surface area contributed by atoms with Crippen molar-refractivity contribution in [2.45, 2.75) is 25.9 Å². The fourth-order valence-corrected chi connectivity index (χ4v) is 2.30. The first-order valence-electron chi connectivity index (χ1n) is 6.13. The van der Waals surface area contributed by atoms with Crippen molar-refractivity contribution in [1.82, 2.24) is 0 Å². The lowest BCUT2D eigenvalue weighted by atomic mass is 10.1. The lowest BCUT2D eigenvalue weighted by Crippen LogP contribution is -2.09. The molecule has 0 fully saturated rings. The van der Waals surface area contributed by atoms with Crippen molar-refractivity contribution in [1.29, 1.82) is 0 Å². The fourth-order valence-electron chi connectivity index (χ4n) is 1.47. The second-order valence-corrected chi connectivity index (χ2v) is 5.27. The van der Waals surface area contributed by atoms with Crippen LogP contribution < -0.4 is 0 Å². The van der Waals surface area contributed by atoms with Gasteiger partial charge in [-0.2, -0.15) is 11.8 Å². The number of hydrogen-bond donors (Lipinski definition) is 1. The van der Waals surface area contributed by atoms with Crippen molar-refractivity contribution < 1.29 is 19.4 Å². The third-order valence-electron chi connectivity index (χ3n) is 2.49. The molecule has 5 heteroatoms. The van der Waals surface area contributed by atoms with Gasteiger partial charge in [0.05, 0.1) is 12.8 Å². The minimum absolute atomic E-state index is 0.125. The summed E-state index contributed by atoms with van der Waals surface area (Å²) in [6, 6.07) is 9.55. The Balaban J connectivity index is 2.19. The summed E-state index contributed by atoms with van der Waals surface area (Å²) >= 11 is 1.45. The second kappa shape index (κ2) is 8.58. The van der Waals surface area contributed by atoms with Gasteiger partial charge in [0.1, 0.15) is 6.10 Å². The Hall–Kier alpha value is -1.49. The number of rotatable bonds is 8. The van der Waals surface area contributed by atoms with E-state index in [0.29, 0.717) is 17.9 Å². The van der Waals surface area contributed by atoms with Crippen LogP contribution in [0.4, 0.5) is 0 Å². The Bertz CT molecular complexity index is 405. The molecular formula is C14H18O4S. The number of thioether (sulfide) groups is 1. The Kier molecular flexibility index (Phi) is 7.03. The lowest BCUT2D eigenvalue weighted by Gasteiger charge is -2.13. The zero-order valence-corrected chi connectivity index (χ0v) is 11.7. The van der Waals surface area contributed by atoms with Crippen molar-refractivity contribution in [2.24, 2.45) is 0 Å². The number of aliphatic carboxylic acids is 1. The molecule has 0 spiro atoms. The number of carboxylic acid groups (broad SMARTS) is 1. The van der Waals surface area contributed by atoms with Crippen molar-refractivity contribution in [2.75, 3.05) is 11.5 Å². The van der Waals surface area contributed by atoms with Gasteiger partial charge < -0.3 is 9.84 Å².